The maximum atomic E-state index is 12.8. The Morgan fingerprint density at radius 1 is 1.36 bits per heavy atom. The van der Waals surface area contributed by atoms with E-state index in [0.29, 0.717) is 5.56 Å². The van der Waals surface area contributed by atoms with Crippen LogP contribution < -0.4 is 5.84 Å². The molecule has 1 rings (SSSR count). The Morgan fingerprint density at radius 3 is 2.73 bits per heavy atom. The van der Waals surface area contributed by atoms with Crippen LogP contribution in [0.2, 0.25) is 0 Å². The highest BCUT2D eigenvalue weighted by Gasteiger charge is 1.97. The number of nitrogens with two attached hydrogens (primary N) is 1. The summed E-state index contributed by atoms with van der Waals surface area (Å²) in [5.74, 6) is 4.48. The molecule has 0 bridgehead atoms. The lowest BCUT2D eigenvalue weighted by molar-refractivity contribution is 0.608. The van der Waals surface area contributed by atoms with Crippen molar-refractivity contribution in [2.45, 2.75) is 6.54 Å². The predicted molar refractivity (Wildman–Crippen MR) is 39.1 cm³/mol. The quantitative estimate of drug-likeness (QED) is 0.392. The Morgan fingerprint density at radius 2 is 2.09 bits per heavy atom. The number of hydrogen-bond acceptors (Lipinski definition) is 2. The van der Waals surface area contributed by atoms with Gasteiger partial charge in [-0.05, 0) is 6.07 Å². The predicted octanol–water partition coefficient (Wildman–Crippen LogP) is 1.65. The first kappa shape index (κ1) is 7.65. The number of rotatable bonds is 2. The summed E-state index contributed by atoms with van der Waals surface area (Å²) in [6.45, 7) is 0.198. The third-order valence-electron chi connectivity index (χ3n) is 1.28. The molecule has 0 atom stereocenters. The third kappa shape index (κ3) is 2.00. The van der Waals surface area contributed by atoms with Gasteiger partial charge in [0.25, 0.3) is 0 Å². The van der Waals surface area contributed by atoms with E-state index in [1.54, 1.807) is 18.2 Å². The van der Waals surface area contributed by atoms with E-state index in [1.165, 1.54) is 6.07 Å². The van der Waals surface area contributed by atoms with Crippen molar-refractivity contribution in [2.75, 3.05) is 0 Å². The van der Waals surface area contributed by atoms with E-state index in [9.17, 15) is 4.39 Å². The Balaban J connectivity index is 2.77. The molecule has 0 saturated heterocycles. The number of nitrogens with zero attached hydrogens (tertiary/aromatic N) is 2. The zero-order chi connectivity index (χ0) is 8.10. The van der Waals surface area contributed by atoms with E-state index in [-0.39, 0.29) is 12.4 Å². The van der Waals surface area contributed by atoms with Crippen LogP contribution in [0.25, 0.3) is 0 Å². The fraction of sp³-hybridized carbons (Fsp3) is 0.143. The molecule has 3 nitrogen and oxygen atoms in total. The minimum absolute atomic E-state index is 0.198. The molecule has 0 fully saturated rings. The van der Waals surface area contributed by atoms with Crippen LogP contribution in [0, 0.1) is 5.82 Å². The van der Waals surface area contributed by atoms with Crippen molar-refractivity contribution in [1.29, 1.82) is 0 Å². The molecule has 0 radical (unpaired) electrons. The highest BCUT2D eigenvalue weighted by atomic mass is 19.1. The number of hydrogen-bond donors (Lipinski definition) is 1. The van der Waals surface area contributed by atoms with E-state index >= 15 is 0 Å². The summed E-state index contributed by atoms with van der Waals surface area (Å²) in [6, 6.07) is 6.38. The van der Waals surface area contributed by atoms with Crippen LogP contribution in [-0.2, 0) is 6.54 Å². The smallest absolute Gasteiger partial charge is 0.128 e. The van der Waals surface area contributed by atoms with Crippen LogP contribution in [0.15, 0.2) is 34.6 Å². The summed E-state index contributed by atoms with van der Waals surface area (Å²) < 4.78 is 12.8. The van der Waals surface area contributed by atoms with Gasteiger partial charge in [-0.2, -0.15) is 5.11 Å². The Bertz CT molecular complexity index is 260. The Hall–Kier alpha value is -1.45. The van der Waals surface area contributed by atoms with Crippen molar-refractivity contribution in [3.8, 4) is 0 Å². The first-order valence-corrected chi connectivity index (χ1v) is 3.14. The molecule has 0 spiro atoms. The molecule has 0 aliphatic heterocycles. The molecule has 0 aliphatic carbocycles. The van der Waals surface area contributed by atoms with Crippen molar-refractivity contribution in [3.05, 3.63) is 35.6 Å². The van der Waals surface area contributed by atoms with E-state index in [1.807, 2.05) is 0 Å². The monoisotopic (exact) mass is 153 g/mol. The average Bonchev–Trinajstić information content (AvgIpc) is 2.03. The highest BCUT2D eigenvalue weighted by Crippen LogP contribution is 2.06. The summed E-state index contributed by atoms with van der Waals surface area (Å²) in [4.78, 5) is 0. The zero-order valence-corrected chi connectivity index (χ0v) is 5.87. The molecule has 0 heterocycles. The lowest BCUT2D eigenvalue weighted by Gasteiger charge is -1.95. The lowest BCUT2D eigenvalue weighted by Crippen LogP contribution is -1.87. The SMILES string of the molecule is NN=NCc1ccccc1F. The second-order valence-corrected chi connectivity index (χ2v) is 2.01. The fourth-order valence-electron chi connectivity index (χ4n) is 0.744. The first-order chi connectivity index (χ1) is 5.34. The van der Waals surface area contributed by atoms with Gasteiger partial charge in [0, 0.05) is 5.56 Å². The van der Waals surface area contributed by atoms with Crippen molar-refractivity contribution < 1.29 is 4.39 Å². The Kier molecular flexibility index (Phi) is 2.54. The maximum absolute atomic E-state index is 12.8. The van der Waals surface area contributed by atoms with Gasteiger partial charge >= 0.3 is 0 Å². The summed E-state index contributed by atoms with van der Waals surface area (Å²) >= 11 is 0. The maximum Gasteiger partial charge on any atom is 0.128 e. The van der Waals surface area contributed by atoms with E-state index in [4.69, 9.17) is 5.84 Å². The first-order valence-electron chi connectivity index (χ1n) is 3.14. The van der Waals surface area contributed by atoms with Gasteiger partial charge in [0.05, 0.1) is 6.54 Å². The molecule has 11 heavy (non-hydrogen) atoms. The van der Waals surface area contributed by atoms with Gasteiger partial charge < -0.3 is 5.84 Å². The molecular formula is C7H8FN3. The van der Waals surface area contributed by atoms with Crippen LogP contribution >= 0.6 is 0 Å². The lowest BCUT2D eigenvalue weighted by atomic mass is 10.2. The molecule has 0 amide bonds. The van der Waals surface area contributed by atoms with Crippen molar-refractivity contribution in [2.24, 2.45) is 16.2 Å². The summed E-state index contributed by atoms with van der Waals surface area (Å²) in [7, 11) is 0. The van der Waals surface area contributed by atoms with E-state index in [2.05, 4.69) is 10.3 Å². The standard InChI is InChI=1S/C7H8FN3/c8-7-4-2-1-3-6(7)5-10-11-9/h1-4H,5H2,(H2,9,10). The molecule has 1 aromatic carbocycles. The van der Waals surface area contributed by atoms with E-state index in [0.717, 1.165) is 0 Å². The van der Waals surface area contributed by atoms with Gasteiger partial charge in [0.1, 0.15) is 5.82 Å². The van der Waals surface area contributed by atoms with Crippen LogP contribution in [-0.4, -0.2) is 0 Å². The van der Waals surface area contributed by atoms with Crippen LogP contribution in [0.4, 0.5) is 4.39 Å². The van der Waals surface area contributed by atoms with Crippen LogP contribution in [0.1, 0.15) is 5.56 Å². The fourth-order valence-corrected chi connectivity index (χ4v) is 0.744. The molecule has 58 valence electrons. The number of benzene rings is 1. The summed E-state index contributed by atoms with van der Waals surface area (Å²) in [5.41, 5.74) is 0.502. The highest BCUT2D eigenvalue weighted by molar-refractivity contribution is 5.16. The second kappa shape index (κ2) is 3.65. The topological polar surface area (TPSA) is 50.7 Å². The molecule has 0 saturated carbocycles. The molecular weight excluding hydrogens is 145 g/mol. The minimum Gasteiger partial charge on any atom is -0.305 e. The van der Waals surface area contributed by atoms with Gasteiger partial charge in [-0.15, -0.1) is 0 Å². The van der Waals surface area contributed by atoms with Gasteiger partial charge in [0.2, 0.25) is 0 Å². The summed E-state index contributed by atoms with van der Waals surface area (Å²) in [5, 5.41) is 6.50. The van der Waals surface area contributed by atoms with Gasteiger partial charge in [0.15, 0.2) is 0 Å². The molecule has 1 aromatic rings. The normalized spacial score (nSPS) is 10.6. The molecule has 0 aliphatic rings. The van der Waals surface area contributed by atoms with Gasteiger partial charge in [-0.3, -0.25) is 0 Å². The van der Waals surface area contributed by atoms with Crippen molar-refractivity contribution in [3.63, 3.8) is 0 Å². The average molecular weight is 153 g/mol. The molecule has 0 aromatic heterocycles. The number of halogens is 1. The third-order valence-corrected chi connectivity index (χ3v) is 1.28. The minimum atomic E-state index is -0.278. The Labute approximate surface area is 63.7 Å². The van der Waals surface area contributed by atoms with Crippen molar-refractivity contribution >= 4 is 0 Å². The molecule has 4 heteroatoms. The van der Waals surface area contributed by atoms with Crippen LogP contribution in [0.3, 0.4) is 0 Å². The summed E-state index contributed by atoms with van der Waals surface area (Å²) in [6.07, 6.45) is 0. The second-order valence-electron chi connectivity index (χ2n) is 2.01. The van der Waals surface area contributed by atoms with Crippen molar-refractivity contribution in [1.82, 2.24) is 0 Å². The van der Waals surface area contributed by atoms with Gasteiger partial charge in [-0.25, -0.2) is 4.39 Å². The molecule has 0 unspecified atom stereocenters. The molecule has 2 N–H and O–H groups in total. The van der Waals surface area contributed by atoms with Crippen LogP contribution in [0.5, 0.6) is 0 Å². The zero-order valence-electron chi connectivity index (χ0n) is 5.87. The largest absolute Gasteiger partial charge is 0.305 e. The van der Waals surface area contributed by atoms with Gasteiger partial charge in [-0.1, -0.05) is 23.4 Å². The van der Waals surface area contributed by atoms with E-state index < -0.39 is 0 Å².